The first-order valence-electron chi connectivity index (χ1n) is 0.894. The van der Waals surface area contributed by atoms with E-state index in [-0.39, 0.29) is 0 Å². The highest BCUT2D eigenvalue weighted by molar-refractivity contribution is 8.88. The third-order valence-electron chi connectivity index (χ3n) is 0. The summed E-state index contributed by atoms with van der Waals surface area (Å²) in [6.07, 6.45) is 0. The van der Waals surface area contributed by atoms with Gasteiger partial charge in [-0.25, -0.2) is 0 Å². The van der Waals surface area contributed by atoms with Crippen LogP contribution in [0.3, 0.4) is 0 Å². The molecule has 0 aromatic rings. The average Bonchev–Trinajstić information content (AvgIpc) is 0.722. The molecule has 0 amide bonds. The van der Waals surface area contributed by atoms with Crippen molar-refractivity contribution >= 4 is 53.0 Å². The molecule has 0 aliphatic heterocycles. The van der Waals surface area contributed by atoms with Crippen molar-refractivity contribution in [1.29, 1.82) is 0 Å². The van der Waals surface area contributed by atoms with Crippen LogP contribution in [0.4, 0.5) is 0 Å². The Balaban J connectivity index is 3.02. The van der Waals surface area contributed by atoms with Crippen molar-refractivity contribution in [3.63, 3.8) is 0 Å². The molecule has 0 saturated heterocycles. The molecule has 0 saturated carbocycles. The monoisotopic (exact) mass is 160 g/mol. The highest BCUT2D eigenvalue weighted by atomic mass is 32.9. The van der Waals surface area contributed by atoms with E-state index in [4.69, 9.17) is 0 Å². The van der Waals surface area contributed by atoms with Gasteiger partial charge in [-0.1, -0.05) is 0 Å². The Hall–Kier alpha value is 1.62. The zero-order chi connectivity index (χ0) is 4.50. The van der Waals surface area contributed by atoms with Gasteiger partial charge in [-0.05, 0) is 0 Å². The van der Waals surface area contributed by atoms with Crippen LogP contribution in [-0.2, 0) is 0 Å². The molecule has 5 heteroatoms. The first kappa shape index (κ1) is 6.62. The molecule has 0 heterocycles. The largest absolute Gasteiger partial charge is 0.288 e. The maximum atomic E-state index is 3.85. The van der Waals surface area contributed by atoms with Gasteiger partial charge in [0.25, 0.3) is 4.67 Å². The summed E-state index contributed by atoms with van der Waals surface area (Å²) in [6.45, 7) is 0. The van der Waals surface area contributed by atoms with Crippen molar-refractivity contribution < 1.29 is 0 Å². The van der Waals surface area contributed by atoms with Gasteiger partial charge in [0.15, 0.2) is 0 Å². The third kappa shape index (κ3) is 28.1. The lowest BCUT2D eigenvalue weighted by Crippen LogP contribution is -1.93. The van der Waals surface area contributed by atoms with E-state index in [0.29, 0.717) is 0 Å². The molecular weight excluding hydrogens is 156 g/mol. The van der Waals surface area contributed by atoms with Gasteiger partial charge in [-0.3, -0.25) is 0 Å². The molecule has 0 unspecified atom stereocenters. The minimum Gasteiger partial charge on any atom is -0.170 e. The van der Waals surface area contributed by atoms with E-state index in [2.05, 4.69) is 48.3 Å². The molecule has 0 aliphatic carbocycles. The van der Waals surface area contributed by atoms with Crippen molar-refractivity contribution in [3.05, 3.63) is 0 Å². The molecule has 5 heavy (non-hydrogen) atoms. The predicted molar refractivity (Wildman–Crippen MR) is 41.7 cm³/mol. The van der Waals surface area contributed by atoms with Gasteiger partial charge in [0.2, 0.25) is 0 Å². The van der Waals surface area contributed by atoms with Crippen LogP contribution in [0.1, 0.15) is 0 Å². The molecule has 0 aliphatic rings. The first-order chi connectivity index (χ1) is 2.00. The summed E-state index contributed by atoms with van der Waals surface area (Å²) in [7, 11) is 0. The summed E-state index contributed by atoms with van der Waals surface area (Å²) in [5.41, 5.74) is 0. The lowest BCUT2D eigenvalue weighted by molar-refractivity contribution is 4.47. The van der Waals surface area contributed by atoms with Gasteiger partial charge in [-0.15, -0.1) is 0 Å². The topological polar surface area (TPSA) is 0 Å². The molecule has 0 rings (SSSR count). The van der Waals surface area contributed by atoms with Gasteiger partial charge in [0, 0.05) is 0 Å². The van der Waals surface area contributed by atoms with Gasteiger partial charge in [-0.2, -0.15) is 48.3 Å². The Morgan fingerprint density at radius 2 is 0.800 bits per heavy atom. The molecule has 0 bridgehead atoms. The second kappa shape index (κ2) is 2.06. The molecule has 0 N–H and O–H groups in total. The zero-order valence-corrected chi connectivity index (χ0v) is 6.87. The molecular formula is H4S4Si. The predicted octanol–water partition coefficient (Wildman–Crippen LogP) is 1.14. The van der Waals surface area contributed by atoms with E-state index in [1.807, 2.05) is 0 Å². The van der Waals surface area contributed by atoms with E-state index in [9.17, 15) is 0 Å². The molecule has 0 spiro atoms. The van der Waals surface area contributed by atoms with Crippen molar-refractivity contribution in [3.8, 4) is 0 Å². The molecule has 32 valence electrons. The minimum absolute atomic E-state index is 1.83. The van der Waals surface area contributed by atoms with E-state index < -0.39 is 4.67 Å². The zero-order valence-electron chi connectivity index (χ0n) is 2.29. The standard InChI is InChI=1S/H4S4Si/c1-5(2,3)4/h1-4H. The molecule has 0 nitrogen and oxygen atoms in total. The van der Waals surface area contributed by atoms with E-state index in [1.165, 1.54) is 0 Å². The van der Waals surface area contributed by atoms with Gasteiger partial charge in [0.1, 0.15) is 0 Å². The van der Waals surface area contributed by atoms with Crippen molar-refractivity contribution in [2.75, 3.05) is 0 Å². The van der Waals surface area contributed by atoms with Crippen LogP contribution in [0.25, 0.3) is 0 Å². The normalized spacial score (nSPS) is 12.0. The van der Waals surface area contributed by atoms with Crippen molar-refractivity contribution in [2.45, 2.75) is 0 Å². The van der Waals surface area contributed by atoms with Crippen LogP contribution in [-0.4, -0.2) is 4.67 Å². The number of hydrogen-bond acceptors (Lipinski definition) is 4. The molecule has 0 atom stereocenters. The highest BCUT2D eigenvalue weighted by Crippen LogP contribution is 2.20. The highest BCUT2D eigenvalue weighted by Gasteiger charge is 2.07. The van der Waals surface area contributed by atoms with Crippen LogP contribution in [0.15, 0.2) is 0 Å². The Bertz CT molecular complexity index is 19.1. The van der Waals surface area contributed by atoms with E-state index in [1.54, 1.807) is 0 Å². The number of thiol groups is 4. The van der Waals surface area contributed by atoms with Crippen LogP contribution in [0.5, 0.6) is 0 Å². The summed E-state index contributed by atoms with van der Waals surface area (Å²) < 4.78 is -1.83. The molecule has 0 fully saturated rings. The third-order valence-corrected chi connectivity index (χ3v) is 0. The second-order valence-electron chi connectivity index (χ2n) is 0.600. The first-order valence-corrected chi connectivity index (χ1v) is 8.05. The fourth-order valence-corrected chi connectivity index (χ4v) is 0. The van der Waals surface area contributed by atoms with E-state index in [0.717, 1.165) is 0 Å². The van der Waals surface area contributed by atoms with Crippen LogP contribution in [0, 0.1) is 0 Å². The quantitative estimate of drug-likeness (QED) is 0.296. The molecule has 0 aromatic heterocycles. The lowest BCUT2D eigenvalue weighted by Gasteiger charge is -1.95. The second-order valence-corrected chi connectivity index (χ2v) is 16.2. The number of rotatable bonds is 0. The van der Waals surface area contributed by atoms with Gasteiger partial charge >= 0.3 is 0 Å². The van der Waals surface area contributed by atoms with Crippen LogP contribution in [0.2, 0.25) is 0 Å². The summed E-state index contributed by atoms with van der Waals surface area (Å²) in [5, 5.41) is 0. The van der Waals surface area contributed by atoms with Crippen LogP contribution < -0.4 is 0 Å². The average molecular weight is 160 g/mol. The smallest absolute Gasteiger partial charge is 0.170 e. The Morgan fingerprint density at radius 1 is 0.800 bits per heavy atom. The summed E-state index contributed by atoms with van der Waals surface area (Å²) >= 11 is 15.4. The van der Waals surface area contributed by atoms with Gasteiger partial charge < -0.3 is 0 Å². The summed E-state index contributed by atoms with van der Waals surface area (Å²) in [5.74, 6) is 0. The van der Waals surface area contributed by atoms with E-state index >= 15 is 0 Å². The molecule has 0 radical (unpaired) electrons. The number of hydrogen-bond donors (Lipinski definition) is 4. The van der Waals surface area contributed by atoms with Crippen LogP contribution >= 0.6 is 48.3 Å². The lowest BCUT2D eigenvalue weighted by atomic mass is 27.3. The Kier molecular flexibility index (Phi) is 2.73. The SMILES string of the molecule is S[Si](S)(S)S. The molecule has 0 aromatic carbocycles. The maximum absolute atomic E-state index is 3.85. The Morgan fingerprint density at radius 3 is 0.800 bits per heavy atom. The summed E-state index contributed by atoms with van der Waals surface area (Å²) in [4.78, 5) is 0. The minimum atomic E-state index is -1.83. The van der Waals surface area contributed by atoms with Gasteiger partial charge in [0.05, 0.1) is 0 Å². The van der Waals surface area contributed by atoms with Crippen molar-refractivity contribution in [2.24, 2.45) is 0 Å². The summed E-state index contributed by atoms with van der Waals surface area (Å²) in [6, 6.07) is 0. The fraction of sp³-hybridized carbons (Fsp3) is 0. The maximum Gasteiger partial charge on any atom is 0.288 e. The Labute approximate surface area is 52.9 Å². The van der Waals surface area contributed by atoms with Crippen molar-refractivity contribution in [1.82, 2.24) is 0 Å². The fourth-order valence-electron chi connectivity index (χ4n) is 0.